The van der Waals surface area contributed by atoms with Crippen LogP contribution in [0.15, 0.2) is 30.3 Å². The first kappa shape index (κ1) is 19.7. The predicted molar refractivity (Wildman–Crippen MR) is 88.9 cm³/mol. The number of nitrogens with one attached hydrogen (secondary N) is 1. The summed E-state index contributed by atoms with van der Waals surface area (Å²) in [6, 6.07) is 9.49. The SMILES string of the molecule is CC(C)CC(C)(CN)NC(=O)CCOc1ccccc1.Cl. The minimum Gasteiger partial charge on any atom is -0.493 e. The molecule has 4 nitrogen and oxygen atoms in total. The van der Waals surface area contributed by atoms with Gasteiger partial charge < -0.3 is 15.8 Å². The van der Waals surface area contributed by atoms with Crippen LogP contribution in [0.3, 0.4) is 0 Å². The number of amides is 1. The van der Waals surface area contributed by atoms with Crippen LogP contribution in [0.4, 0.5) is 0 Å². The third kappa shape index (κ3) is 7.93. The molecular weight excluding hydrogens is 288 g/mol. The zero-order valence-corrected chi connectivity index (χ0v) is 13.9. The number of carbonyl (C=O) groups is 1. The molecule has 1 rings (SSSR count). The summed E-state index contributed by atoms with van der Waals surface area (Å²) in [7, 11) is 0. The summed E-state index contributed by atoms with van der Waals surface area (Å²) < 4.78 is 5.51. The Labute approximate surface area is 133 Å². The van der Waals surface area contributed by atoms with E-state index in [0.29, 0.717) is 25.5 Å². The van der Waals surface area contributed by atoms with Crippen LogP contribution in [0, 0.1) is 5.92 Å². The second-order valence-corrected chi connectivity index (χ2v) is 5.82. The molecule has 0 heterocycles. The summed E-state index contributed by atoms with van der Waals surface area (Å²) in [4.78, 5) is 11.9. The zero-order chi connectivity index (χ0) is 15.0. The Morgan fingerprint density at radius 1 is 1.33 bits per heavy atom. The number of ether oxygens (including phenoxy) is 1. The Balaban J connectivity index is 0.00000400. The molecule has 0 aliphatic heterocycles. The molecule has 0 fully saturated rings. The minimum absolute atomic E-state index is 0. The molecule has 0 aromatic heterocycles. The molecule has 21 heavy (non-hydrogen) atoms. The molecule has 5 heteroatoms. The van der Waals surface area contributed by atoms with E-state index in [2.05, 4.69) is 19.2 Å². The average molecular weight is 315 g/mol. The number of rotatable bonds is 8. The number of nitrogens with two attached hydrogens (primary N) is 1. The molecular formula is C16H27ClN2O2. The Bertz CT molecular complexity index is 412. The van der Waals surface area contributed by atoms with Crippen molar-refractivity contribution in [3.8, 4) is 5.75 Å². The average Bonchev–Trinajstić information content (AvgIpc) is 2.39. The van der Waals surface area contributed by atoms with Gasteiger partial charge in [0, 0.05) is 12.1 Å². The van der Waals surface area contributed by atoms with Crippen LogP contribution in [-0.2, 0) is 4.79 Å². The van der Waals surface area contributed by atoms with Crippen molar-refractivity contribution >= 4 is 18.3 Å². The van der Waals surface area contributed by atoms with Crippen LogP contribution < -0.4 is 15.8 Å². The predicted octanol–water partition coefficient (Wildman–Crippen LogP) is 2.76. The van der Waals surface area contributed by atoms with Crippen molar-refractivity contribution in [3.05, 3.63) is 30.3 Å². The molecule has 1 atom stereocenters. The van der Waals surface area contributed by atoms with Gasteiger partial charge in [-0.15, -0.1) is 12.4 Å². The van der Waals surface area contributed by atoms with E-state index in [4.69, 9.17) is 10.5 Å². The summed E-state index contributed by atoms with van der Waals surface area (Å²) in [6.07, 6.45) is 1.21. The van der Waals surface area contributed by atoms with Gasteiger partial charge in [-0.05, 0) is 31.4 Å². The van der Waals surface area contributed by atoms with Crippen molar-refractivity contribution in [2.45, 2.75) is 39.2 Å². The molecule has 3 N–H and O–H groups in total. The van der Waals surface area contributed by atoms with E-state index in [1.807, 2.05) is 37.3 Å². The van der Waals surface area contributed by atoms with Gasteiger partial charge >= 0.3 is 0 Å². The maximum absolute atomic E-state index is 11.9. The first-order valence-electron chi connectivity index (χ1n) is 7.14. The molecule has 1 unspecified atom stereocenters. The van der Waals surface area contributed by atoms with Crippen molar-refractivity contribution in [2.75, 3.05) is 13.2 Å². The van der Waals surface area contributed by atoms with E-state index < -0.39 is 0 Å². The van der Waals surface area contributed by atoms with Crippen LogP contribution in [-0.4, -0.2) is 24.6 Å². The minimum atomic E-state index is -0.335. The molecule has 1 aromatic carbocycles. The topological polar surface area (TPSA) is 64.3 Å². The Kier molecular flexibility index (Phi) is 9.06. The number of carbonyl (C=O) groups excluding carboxylic acids is 1. The Morgan fingerprint density at radius 3 is 2.48 bits per heavy atom. The highest BCUT2D eigenvalue weighted by molar-refractivity contribution is 5.85. The lowest BCUT2D eigenvalue weighted by molar-refractivity contribution is -0.123. The lowest BCUT2D eigenvalue weighted by Crippen LogP contribution is -2.52. The Morgan fingerprint density at radius 2 is 1.95 bits per heavy atom. The molecule has 0 bridgehead atoms. The molecule has 0 spiro atoms. The van der Waals surface area contributed by atoms with E-state index in [9.17, 15) is 4.79 Å². The van der Waals surface area contributed by atoms with Gasteiger partial charge in [0.05, 0.1) is 13.0 Å². The molecule has 0 radical (unpaired) electrons. The molecule has 0 saturated heterocycles. The van der Waals surface area contributed by atoms with E-state index in [1.54, 1.807) is 0 Å². The van der Waals surface area contributed by atoms with Crippen LogP contribution in [0.25, 0.3) is 0 Å². The lowest BCUT2D eigenvalue weighted by atomic mass is 9.90. The van der Waals surface area contributed by atoms with Gasteiger partial charge in [0.1, 0.15) is 5.75 Å². The first-order chi connectivity index (χ1) is 9.45. The summed E-state index contributed by atoms with van der Waals surface area (Å²) in [5.41, 5.74) is 5.44. The van der Waals surface area contributed by atoms with Crippen molar-refractivity contribution < 1.29 is 9.53 Å². The van der Waals surface area contributed by atoms with Gasteiger partial charge in [0.15, 0.2) is 0 Å². The Hall–Kier alpha value is -1.26. The molecule has 0 aliphatic carbocycles. The van der Waals surface area contributed by atoms with Crippen molar-refractivity contribution in [2.24, 2.45) is 11.7 Å². The van der Waals surface area contributed by atoms with Gasteiger partial charge in [-0.25, -0.2) is 0 Å². The van der Waals surface area contributed by atoms with Crippen molar-refractivity contribution in [1.29, 1.82) is 0 Å². The highest BCUT2D eigenvalue weighted by atomic mass is 35.5. The van der Waals surface area contributed by atoms with Gasteiger partial charge in [-0.1, -0.05) is 32.0 Å². The summed E-state index contributed by atoms with van der Waals surface area (Å²) in [5, 5.41) is 3.02. The number of hydrogen-bond acceptors (Lipinski definition) is 3. The molecule has 1 aromatic rings. The first-order valence-corrected chi connectivity index (χ1v) is 7.14. The van der Waals surface area contributed by atoms with Crippen LogP contribution in [0.2, 0.25) is 0 Å². The molecule has 0 aliphatic rings. The van der Waals surface area contributed by atoms with Crippen molar-refractivity contribution in [3.63, 3.8) is 0 Å². The smallest absolute Gasteiger partial charge is 0.223 e. The maximum atomic E-state index is 11.9. The summed E-state index contributed by atoms with van der Waals surface area (Å²) in [5.74, 6) is 1.25. The second-order valence-electron chi connectivity index (χ2n) is 5.82. The second kappa shape index (κ2) is 9.64. The molecule has 0 saturated carbocycles. The van der Waals surface area contributed by atoms with Crippen molar-refractivity contribution in [1.82, 2.24) is 5.32 Å². The normalized spacial score (nSPS) is 13.2. The highest BCUT2D eigenvalue weighted by Crippen LogP contribution is 2.15. The number of halogens is 1. The lowest BCUT2D eigenvalue weighted by Gasteiger charge is -2.31. The standard InChI is InChI=1S/C16H26N2O2.ClH/c1-13(2)11-16(3,12-17)18-15(19)9-10-20-14-7-5-4-6-8-14;/h4-8,13H,9-12,17H2,1-3H3,(H,18,19);1H. The van der Waals surface area contributed by atoms with Gasteiger partial charge in [-0.2, -0.15) is 0 Å². The van der Waals surface area contributed by atoms with Crippen LogP contribution in [0.1, 0.15) is 33.6 Å². The third-order valence-corrected chi connectivity index (χ3v) is 3.09. The zero-order valence-electron chi connectivity index (χ0n) is 13.1. The fraction of sp³-hybridized carbons (Fsp3) is 0.562. The van der Waals surface area contributed by atoms with E-state index in [-0.39, 0.29) is 23.9 Å². The largest absolute Gasteiger partial charge is 0.493 e. The van der Waals surface area contributed by atoms with Crippen LogP contribution >= 0.6 is 12.4 Å². The summed E-state index contributed by atoms with van der Waals surface area (Å²) in [6.45, 7) is 7.05. The van der Waals surface area contributed by atoms with Crippen LogP contribution in [0.5, 0.6) is 5.75 Å². The van der Waals surface area contributed by atoms with E-state index in [0.717, 1.165) is 12.2 Å². The fourth-order valence-electron chi connectivity index (χ4n) is 2.26. The van der Waals surface area contributed by atoms with Gasteiger partial charge in [0.2, 0.25) is 5.91 Å². The van der Waals surface area contributed by atoms with E-state index >= 15 is 0 Å². The highest BCUT2D eigenvalue weighted by Gasteiger charge is 2.25. The number of benzene rings is 1. The molecule has 120 valence electrons. The third-order valence-electron chi connectivity index (χ3n) is 3.09. The summed E-state index contributed by atoms with van der Waals surface area (Å²) >= 11 is 0. The number of hydrogen-bond donors (Lipinski definition) is 2. The quantitative estimate of drug-likeness (QED) is 0.775. The monoisotopic (exact) mass is 314 g/mol. The molecule has 1 amide bonds. The fourth-order valence-corrected chi connectivity index (χ4v) is 2.26. The number of para-hydroxylation sites is 1. The van der Waals surface area contributed by atoms with Gasteiger partial charge in [0.25, 0.3) is 0 Å². The maximum Gasteiger partial charge on any atom is 0.223 e. The van der Waals surface area contributed by atoms with Gasteiger partial charge in [-0.3, -0.25) is 4.79 Å². The van der Waals surface area contributed by atoms with E-state index in [1.165, 1.54) is 0 Å².